The van der Waals surface area contributed by atoms with Gasteiger partial charge in [-0.15, -0.1) is 0 Å². The Labute approximate surface area is 95.8 Å². The lowest BCUT2D eigenvalue weighted by molar-refractivity contribution is 0.183. The second-order valence-electron chi connectivity index (χ2n) is 3.72. The number of nitrogens with one attached hydrogen (secondary N) is 1. The van der Waals surface area contributed by atoms with Gasteiger partial charge in [-0.05, 0) is 13.8 Å². The summed E-state index contributed by atoms with van der Waals surface area (Å²) in [4.78, 5) is 10.5. The van der Waals surface area contributed by atoms with Gasteiger partial charge >= 0.3 is 0 Å². The van der Waals surface area contributed by atoms with Gasteiger partial charge in [-0.25, -0.2) is 15.8 Å². The number of ether oxygens (including phenoxy) is 1. The molecule has 0 amide bonds. The second kappa shape index (κ2) is 5.62. The van der Waals surface area contributed by atoms with E-state index in [9.17, 15) is 0 Å². The highest BCUT2D eigenvalue weighted by Gasteiger charge is 2.12. The molecule has 1 heterocycles. The van der Waals surface area contributed by atoms with Crippen molar-refractivity contribution in [3.63, 3.8) is 0 Å². The highest BCUT2D eigenvalue weighted by atomic mass is 16.5. The van der Waals surface area contributed by atoms with Crippen LogP contribution in [-0.2, 0) is 4.74 Å². The molecule has 1 unspecified atom stereocenters. The van der Waals surface area contributed by atoms with Gasteiger partial charge in [-0.2, -0.15) is 0 Å². The number of nitrogen functional groups attached to an aromatic ring is 1. The van der Waals surface area contributed by atoms with Gasteiger partial charge in [0.15, 0.2) is 0 Å². The number of rotatable bonds is 5. The van der Waals surface area contributed by atoms with Crippen LogP contribution in [0, 0.1) is 6.92 Å². The Morgan fingerprint density at radius 2 is 2.25 bits per heavy atom. The molecule has 0 fully saturated rings. The molecule has 0 spiro atoms. The van der Waals surface area contributed by atoms with Gasteiger partial charge in [-0.1, -0.05) is 0 Å². The van der Waals surface area contributed by atoms with Gasteiger partial charge in [0.1, 0.15) is 17.5 Å². The van der Waals surface area contributed by atoms with Crippen LogP contribution in [0.25, 0.3) is 0 Å². The fourth-order valence-electron chi connectivity index (χ4n) is 1.39. The number of aromatic nitrogens is 2. The van der Waals surface area contributed by atoms with Crippen molar-refractivity contribution in [1.29, 1.82) is 0 Å². The van der Waals surface area contributed by atoms with Crippen molar-refractivity contribution in [2.45, 2.75) is 19.9 Å². The van der Waals surface area contributed by atoms with Crippen LogP contribution in [0.2, 0.25) is 0 Å². The number of anilines is 2. The Balaban J connectivity index is 2.89. The molecule has 0 saturated carbocycles. The molecule has 90 valence electrons. The zero-order chi connectivity index (χ0) is 12.1. The lowest BCUT2D eigenvalue weighted by atomic mass is 10.3. The van der Waals surface area contributed by atoms with Crippen LogP contribution in [0.15, 0.2) is 6.07 Å². The van der Waals surface area contributed by atoms with E-state index in [1.165, 1.54) is 0 Å². The zero-order valence-corrected chi connectivity index (χ0v) is 10.2. The van der Waals surface area contributed by atoms with Crippen molar-refractivity contribution < 1.29 is 4.74 Å². The van der Waals surface area contributed by atoms with Gasteiger partial charge in [-0.3, -0.25) is 0 Å². The average Bonchev–Trinajstić information content (AvgIpc) is 2.27. The monoisotopic (exact) mass is 225 g/mol. The first-order valence-corrected chi connectivity index (χ1v) is 5.12. The van der Waals surface area contributed by atoms with Crippen molar-refractivity contribution in [2.75, 3.05) is 31.1 Å². The van der Waals surface area contributed by atoms with Crippen LogP contribution in [-0.4, -0.2) is 36.8 Å². The maximum Gasteiger partial charge on any atom is 0.145 e. The molecule has 6 heteroatoms. The zero-order valence-electron chi connectivity index (χ0n) is 10.2. The van der Waals surface area contributed by atoms with Gasteiger partial charge in [0.05, 0.1) is 12.6 Å². The van der Waals surface area contributed by atoms with E-state index >= 15 is 0 Å². The molecule has 0 radical (unpaired) electrons. The van der Waals surface area contributed by atoms with Crippen molar-refractivity contribution >= 4 is 11.6 Å². The van der Waals surface area contributed by atoms with Crippen molar-refractivity contribution in [3.8, 4) is 0 Å². The Bertz CT molecular complexity index is 344. The molecule has 1 rings (SSSR count). The fraction of sp³-hybridized carbons (Fsp3) is 0.600. The molecule has 0 aliphatic rings. The molecule has 1 aromatic rings. The van der Waals surface area contributed by atoms with E-state index in [2.05, 4.69) is 22.3 Å². The number of nitrogens with zero attached hydrogens (tertiary/aromatic N) is 3. The van der Waals surface area contributed by atoms with Crippen LogP contribution in [0.4, 0.5) is 11.6 Å². The maximum absolute atomic E-state index is 5.34. The Hall–Kier alpha value is -1.40. The summed E-state index contributed by atoms with van der Waals surface area (Å²) >= 11 is 0. The van der Waals surface area contributed by atoms with E-state index in [1.807, 2.05) is 18.9 Å². The summed E-state index contributed by atoms with van der Waals surface area (Å²) in [5.74, 6) is 7.46. The molecule has 16 heavy (non-hydrogen) atoms. The molecule has 1 atom stereocenters. The van der Waals surface area contributed by atoms with E-state index in [4.69, 9.17) is 10.6 Å². The largest absolute Gasteiger partial charge is 0.383 e. The summed E-state index contributed by atoms with van der Waals surface area (Å²) in [5.41, 5.74) is 2.52. The SMILES string of the molecule is COCC(C)N(C)c1cc(NN)nc(C)n1. The normalized spacial score (nSPS) is 12.3. The van der Waals surface area contributed by atoms with Crippen molar-refractivity contribution in [1.82, 2.24) is 9.97 Å². The molecule has 0 bridgehead atoms. The van der Waals surface area contributed by atoms with E-state index in [-0.39, 0.29) is 6.04 Å². The van der Waals surface area contributed by atoms with Crippen molar-refractivity contribution in [2.24, 2.45) is 5.84 Å². The number of hydrazine groups is 1. The van der Waals surface area contributed by atoms with Gasteiger partial charge in [0, 0.05) is 20.2 Å². The Morgan fingerprint density at radius 1 is 1.56 bits per heavy atom. The first-order valence-electron chi connectivity index (χ1n) is 5.12. The quantitative estimate of drug-likeness (QED) is 0.562. The Kier molecular flexibility index (Phi) is 4.45. The van der Waals surface area contributed by atoms with Crippen LogP contribution in [0.5, 0.6) is 0 Å². The maximum atomic E-state index is 5.34. The molecule has 1 aromatic heterocycles. The number of hydrogen-bond acceptors (Lipinski definition) is 6. The average molecular weight is 225 g/mol. The topological polar surface area (TPSA) is 76.3 Å². The first kappa shape index (κ1) is 12.7. The van der Waals surface area contributed by atoms with Gasteiger partial charge in [0.25, 0.3) is 0 Å². The highest BCUT2D eigenvalue weighted by Crippen LogP contribution is 2.16. The molecule has 3 N–H and O–H groups in total. The molecule has 0 aliphatic carbocycles. The highest BCUT2D eigenvalue weighted by molar-refractivity contribution is 5.48. The number of nitrogens with two attached hydrogens (primary N) is 1. The number of likely N-dealkylation sites (N-methyl/N-ethyl adjacent to an activating group) is 1. The predicted molar refractivity (Wildman–Crippen MR) is 64.3 cm³/mol. The predicted octanol–water partition coefficient (Wildman–Crippen LogP) is 0.542. The van der Waals surface area contributed by atoms with E-state index in [0.29, 0.717) is 18.2 Å². The molecule has 0 aromatic carbocycles. The third kappa shape index (κ3) is 3.04. The summed E-state index contributed by atoms with van der Waals surface area (Å²) in [6.45, 7) is 4.54. The summed E-state index contributed by atoms with van der Waals surface area (Å²) in [5, 5.41) is 0. The smallest absolute Gasteiger partial charge is 0.145 e. The summed E-state index contributed by atoms with van der Waals surface area (Å²) in [6, 6.07) is 2.05. The van der Waals surface area contributed by atoms with E-state index in [0.717, 1.165) is 5.82 Å². The number of hydrogen-bond donors (Lipinski definition) is 2. The number of methoxy groups -OCH3 is 1. The number of aryl methyl sites for hydroxylation is 1. The fourth-order valence-corrected chi connectivity index (χ4v) is 1.39. The molecule has 6 nitrogen and oxygen atoms in total. The second-order valence-corrected chi connectivity index (χ2v) is 3.72. The van der Waals surface area contributed by atoms with Gasteiger partial charge < -0.3 is 15.1 Å². The third-order valence-electron chi connectivity index (χ3n) is 2.40. The van der Waals surface area contributed by atoms with Gasteiger partial charge in [0.2, 0.25) is 0 Å². The first-order chi connectivity index (χ1) is 7.58. The summed E-state index contributed by atoms with van der Waals surface area (Å²) < 4.78 is 5.11. The van der Waals surface area contributed by atoms with Crippen LogP contribution >= 0.6 is 0 Å². The van der Waals surface area contributed by atoms with Crippen molar-refractivity contribution in [3.05, 3.63) is 11.9 Å². The lowest BCUT2D eigenvalue weighted by Gasteiger charge is -2.25. The summed E-state index contributed by atoms with van der Waals surface area (Å²) in [7, 11) is 3.65. The lowest BCUT2D eigenvalue weighted by Crippen LogP contribution is -2.33. The molecular weight excluding hydrogens is 206 g/mol. The van der Waals surface area contributed by atoms with Crippen LogP contribution in [0.1, 0.15) is 12.7 Å². The molecule has 0 aliphatic heterocycles. The molecular formula is C10H19N5O. The minimum atomic E-state index is 0.241. The minimum Gasteiger partial charge on any atom is -0.383 e. The van der Waals surface area contributed by atoms with Crippen LogP contribution in [0.3, 0.4) is 0 Å². The Morgan fingerprint density at radius 3 is 2.81 bits per heavy atom. The standard InChI is InChI=1S/C10H19N5O/c1-7(6-16-4)15(3)10-5-9(14-11)12-8(2)13-10/h5,7H,6,11H2,1-4H3,(H,12,13,14). The van der Waals surface area contributed by atoms with Crippen LogP contribution < -0.4 is 16.2 Å². The van der Waals surface area contributed by atoms with E-state index in [1.54, 1.807) is 13.2 Å². The summed E-state index contributed by atoms with van der Waals surface area (Å²) in [6.07, 6.45) is 0. The molecule has 0 saturated heterocycles. The third-order valence-corrected chi connectivity index (χ3v) is 2.40. The minimum absolute atomic E-state index is 0.241. The van der Waals surface area contributed by atoms with E-state index < -0.39 is 0 Å².